The van der Waals surface area contributed by atoms with Crippen LogP contribution in [0.4, 0.5) is 5.69 Å². The predicted octanol–water partition coefficient (Wildman–Crippen LogP) is 2.35. The van der Waals surface area contributed by atoms with Gasteiger partial charge in [-0.15, -0.1) is 5.10 Å². The second-order valence-electron chi connectivity index (χ2n) is 7.19. The highest BCUT2D eigenvalue weighted by atomic mass is 35.5. The molecule has 32 heavy (non-hydrogen) atoms. The highest BCUT2D eigenvalue weighted by Gasteiger charge is 2.16. The van der Waals surface area contributed by atoms with Gasteiger partial charge in [0, 0.05) is 16.8 Å². The maximum atomic E-state index is 12.8. The van der Waals surface area contributed by atoms with Gasteiger partial charge in [-0.3, -0.25) is 14.2 Å². The van der Waals surface area contributed by atoms with Crippen LogP contribution < -0.4 is 20.3 Å². The molecule has 3 heterocycles. The normalized spacial score (nSPS) is 12.7. The number of nitrogens with zero attached hydrogens (tertiary/aromatic N) is 5. The molecule has 10 nitrogen and oxygen atoms in total. The van der Waals surface area contributed by atoms with Crippen molar-refractivity contribution >= 4 is 34.4 Å². The van der Waals surface area contributed by atoms with Crippen LogP contribution in [0.3, 0.4) is 0 Å². The number of aryl methyl sites for hydroxylation is 1. The summed E-state index contributed by atoms with van der Waals surface area (Å²) >= 11 is 6.19. The van der Waals surface area contributed by atoms with Crippen LogP contribution in [0, 0.1) is 6.92 Å². The van der Waals surface area contributed by atoms with Crippen molar-refractivity contribution in [1.82, 2.24) is 24.5 Å². The van der Waals surface area contributed by atoms with Gasteiger partial charge in [0.2, 0.25) is 5.91 Å². The van der Waals surface area contributed by atoms with E-state index in [1.807, 2.05) is 19.1 Å². The molecule has 1 N–H and O–H groups in total. The summed E-state index contributed by atoms with van der Waals surface area (Å²) in [5, 5.41) is 11.3. The second-order valence-corrected chi connectivity index (χ2v) is 7.60. The molecule has 2 aromatic heterocycles. The van der Waals surface area contributed by atoms with Gasteiger partial charge < -0.3 is 14.8 Å². The number of ether oxygens (including phenoxy) is 2. The highest BCUT2D eigenvalue weighted by molar-refractivity contribution is 6.31. The van der Waals surface area contributed by atoms with Crippen molar-refractivity contribution in [3.63, 3.8) is 0 Å². The molecule has 0 fully saturated rings. The molecule has 0 bridgehead atoms. The summed E-state index contributed by atoms with van der Waals surface area (Å²) in [5.41, 5.74) is 1.93. The number of aromatic nitrogens is 5. The summed E-state index contributed by atoms with van der Waals surface area (Å²) in [6.45, 7) is 2.58. The average molecular weight is 453 g/mol. The number of anilines is 1. The van der Waals surface area contributed by atoms with Crippen LogP contribution in [-0.4, -0.2) is 43.7 Å². The fraction of sp³-hybridized carbons (Fsp3) is 0.190. The van der Waals surface area contributed by atoms with E-state index in [0.29, 0.717) is 41.1 Å². The van der Waals surface area contributed by atoms with Gasteiger partial charge in [0.05, 0.1) is 5.69 Å². The Balaban J connectivity index is 1.38. The first-order valence-corrected chi connectivity index (χ1v) is 10.1. The number of carbonyl (C=O) groups is 1. The quantitative estimate of drug-likeness (QED) is 0.505. The minimum absolute atomic E-state index is 0.0522. The first kappa shape index (κ1) is 20.0. The molecular formula is C21H17ClN6O4. The van der Waals surface area contributed by atoms with Gasteiger partial charge in [0.15, 0.2) is 22.7 Å². The number of benzene rings is 2. The molecule has 2 aromatic carbocycles. The zero-order valence-electron chi connectivity index (χ0n) is 16.9. The topological polar surface area (TPSA) is 113 Å². The van der Waals surface area contributed by atoms with Gasteiger partial charge in [-0.05, 0) is 36.8 Å². The van der Waals surface area contributed by atoms with Crippen molar-refractivity contribution in [3.05, 3.63) is 63.7 Å². The van der Waals surface area contributed by atoms with Crippen LogP contribution in [0.1, 0.15) is 5.56 Å². The molecule has 0 atom stereocenters. The second kappa shape index (κ2) is 7.97. The van der Waals surface area contributed by atoms with Crippen LogP contribution in [-0.2, 0) is 11.3 Å². The molecule has 0 saturated carbocycles. The van der Waals surface area contributed by atoms with Gasteiger partial charge in [-0.2, -0.15) is 4.68 Å². The van der Waals surface area contributed by atoms with Gasteiger partial charge >= 0.3 is 0 Å². The molecule has 0 radical (unpaired) electrons. The van der Waals surface area contributed by atoms with E-state index in [4.69, 9.17) is 21.1 Å². The zero-order chi connectivity index (χ0) is 22.2. The van der Waals surface area contributed by atoms with E-state index >= 15 is 0 Å². The Morgan fingerprint density at radius 2 is 1.97 bits per heavy atom. The Labute approximate surface area is 186 Å². The summed E-state index contributed by atoms with van der Waals surface area (Å²) in [4.78, 5) is 29.6. The predicted molar refractivity (Wildman–Crippen MR) is 117 cm³/mol. The van der Waals surface area contributed by atoms with Crippen LogP contribution >= 0.6 is 11.6 Å². The fourth-order valence-corrected chi connectivity index (χ4v) is 3.50. The molecule has 1 aliphatic heterocycles. The first-order chi connectivity index (χ1) is 15.5. The molecule has 5 rings (SSSR count). The minimum Gasteiger partial charge on any atom is -0.486 e. The van der Waals surface area contributed by atoms with Crippen molar-refractivity contribution in [2.45, 2.75) is 13.5 Å². The fourth-order valence-electron chi connectivity index (χ4n) is 3.32. The lowest BCUT2D eigenvalue weighted by atomic mass is 10.2. The smallest absolute Gasteiger partial charge is 0.284 e. The van der Waals surface area contributed by atoms with Crippen LogP contribution in [0.2, 0.25) is 5.02 Å². The molecule has 4 aromatic rings. The van der Waals surface area contributed by atoms with E-state index in [2.05, 4.69) is 20.6 Å². The standard InChI is InChI=1S/C21H17ClN6O4/c1-12-2-4-14(9-15(12)22)28-20-19(25-26-28)21(30)27(11-23-20)10-18(29)24-13-3-5-16-17(8-13)32-7-6-31-16/h2-5,8-9,11H,6-7,10H2,1H3,(H,24,29). The Hall–Kier alpha value is -3.92. The molecule has 11 heteroatoms. The Morgan fingerprint density at radius 3 is 2.78 bits per heavy atom. The number of hydrogen-bond donors (Lipinski definition) is 1. The third-order valence-electron chi connectivity index (χ3n) is 4.97. The summed E-state index contributed by atoms with van der Waals surface area (Å²) < 4.78 is 13.6. The van der Waals surface area contributed by atoms with Gasteiger partial charge in [-0.1, -0.05) is 22.9 Å². The Morgan fingerprint density at radius 1 is 1.16 bits per heavy atom. The van der Waals surface area contributed by atoms with E-state index in [-0.39, 0.29) is 17.7 Å². The maximum absolute atomic E-state index is 12.8. The molecule has 0 aliphatic carbocycles. The molecule has 0 unspecified atom stereocenters. The number of nitrogens with one attached hydrogen (secondary N) is 1. The Kier molecular flexibility index (Phi) is 4.98. The number of hydrogen-bond acceptors (Lipinski definition) is 7. The largest absolute Gasteiger partial charge is 0.486 e. The molecule has 1 aliphatic rings. The van der Waals surface area contributed by atoms with E-state index in [0.717, 1.165) is 5.56 Å². The lowest BCUT2D eigenvalue weighted by Crippen LogP contribution is -2.28. The number of amides is 1. The van der Waals surface area contributed by atoms with E-state index in [1.54, 1.807) is 24.3 Å². The molecular weight excluding hydrogens is 436 g/mol. The molecule has 0 spiro atoms. The number of rotatable bonds is 4. The lowest BCUT2D eigenvalue weighted by molar-refractivity contribution is -0.116. The van der Waals surface area contributed by atoms with E-state index in [1.165, 1.54) is 15.6 Å². The lowest BCUT2D eigenvalue weighted by Gasteiger charge is -2.19. The zero-order valence-corrected chi connectivity index (χ0v) is 17.7. The molecule has 1 amide bonds. The van der Waals surface area contributed by atoms with Gasteiger partial charge in [-0.25, -0.2) is 4.98 Å². The summed E-state index contributed by atoms with van der Waals surface area (Å²) in [6, 6.07) is 10.5. The maximum Gasteiger partial charge on any atom is 0.284 e. The first-order valence-electron chi connectivity index (χ1n) is 9.76. The summed E-state index contributed by atoms with van der Waals surface area (Å²) in [6.07, 6.45) is 1.30. The monoisotopic (exact) mass is 452 g/mol. The number of halogens is 1. The number of carbonyl (C=O) groups excluding carboxylic acids is 1. The summed E-state index contributed by atoms with van der Waals surface area (Å²) in [5.74, 6) is 0.780. The van der Waals surface area contributed by atoms with Crippen molar-refractivity contribution < 1.29 is 14.3 Å². The Bertz CT molecular complexity index is 1410. The van der Waals surface area contributed by atoms with Crippen LogP contribution in [0.5, 0.6) is 11.5 Å². The number of fused-ring (bicyclic) bond motifs is 2. The third kappa shape index (κ3) is 3.65. The molecule has 0 saturated heterocycles. The third-order valence-corrected chi connectivity index (χ3v) is 5.38. The van der Waals surface area contributed by atoms with Crippen LogP contribution in [0.15, 0.2) is 47.5 Å². The van der Waals surface area contributed by atoms with Crippen molar-refractivity contribution in [2.75, 3.05) is 18.5 Å². The minimum atomic E-state index is -0.475. The van der Waals surface area contributed by atoms with E-state index < -0.39 is 11.5 Å². The highest BCUT2D eigenvalue weighted by Crippen LogP contribution is 2.32. The van der Waals surface area contributed by atoms with Gasteiger partial charge in [0.25, 0.3) is 5.56 Å². The average Bonchev–Trinajstić information content (AvgIpc) is 3.22. The summed E-state index contributed by atoms with van der Waals surface area (Å²) in [7, 11) is 0. The van der Waals surface area contributed by atoms with Crippen LogP contribution in [0.25, 0.3) is 16.9 Å². The van der Waals surface area contributed by atoms with Crippen molar-refractivity contribution in [3.8, 4) is 17.2 Å². The van der Waals surface area contributed by atoms with E-state index in [9.17, 15) is 9.59 Å². The van der Waals surface area contributed by atoms with Gasteiger partial charge in [0.1, 0.15) is 26.1 Å². The van der Waals surface area contributed by atoms with Crippen molar-refractivity contribution in [1.29, 1.82) is 0 Å². The van der Waals surface area contributed by atoms with Crippen molar-refractivity contribution in [2.24, 2.45) is 0 Å². The molecule has 162 valence electrons. The SMILES string of the molecule is Cc1ccc(-n2nnc3c(=O)n(CC(=O)Nc4ccc5c(c4)OCCO5)cnc32)cc1Cl.